The Morgan fingerprint density at radius 3 is 1.60 bits per heavy atom. The second-order valence-corrected chi connectivity index (χ2v) is 4.10. The molecule has 0 aliphatic carbocycles. The first-order chi connectivity index (χ1) is 5.87. The number of hydrogen-bond donors (Lipinski definition) is 0. The van der Waals surface area contributed by atoms with Gasteiger partial charge in [-0.3, -0.25) is 18.6 Å². The maximum absolute atomic E-state index is 4.25. The average molecular weight is 355 g/mol. The van der Waals surface area contributed by atoms with E-state index in [1.165, 1.54) is 5.92 Å². The average Bonchev–Trinajstić information content (AvgIpc) is 2.02. The summed E-state index contributed by atoms with van der Waals surface area (Å²) in [5.74, 6) is 1.27. The SMILES string of the molecule is C=[C-]/C(=C/C(C)(C)C)[C-](C)C.[CH-]=C.[Y].[Y]. The molecule has 15 heavy (non-hydrogen) atoms. The van der Waals surface area contributed by atoms with Gasteiger partial charge in [-0.1, -0.05) is 20.8 Å². The minimum atomic E-state index is 0. The van der Waals surface area contributed by atoms with E-state index in [2.05, 4.69) is 66.5 Å². The van der Waals surface area contributed by atoms with E-state index in [9.17, 15) is 0 Å². The van der Waals surface area contributed by atoms with Crippen LogP contribution in [0.25, 0.3) is 0 Å². The van der Waals surface area contributed by atoms with Gasteiger partial charge in [-0.15, -0.1) is 19.3 Å². The summed E-state index contributed by atoms with van der Waals surface area (Å²) in [5, 5.41) is 0. The van der Waals surface area contributed by atoms with Crippen LogP contribution in [0.1, 0.15) is 34.6 Å². The Morgan fingerprint density at radius 1 is 1.20 bits per heavy atom. The second-order valence-electron chi connectivity index (χ2n) is 4.10. The van der Waals surface area contributed by atoms with Gasteiger partial charge in [0.15, 0.2) is 0 Å². The minimum Gasteiger partial charge on any atom is -0.521 e. The van der Waals surface area contributed by atoms with Crippen molar-refractivity contribution in [1.82, 2.24) is 0 Å². The van der Waals surface area contributed by atoms with Crippen molar-refractivity contribution in [3.05, 3.63) is 43.4 Å². The molecule has 0 bridgehead atoms. The molecule has 0 saturated heterocycles. The molecule has 0 unspecified atom stereocenters. The van der Waals surface area contributed by atoms with E-state index in [4.69, 9.17) is 0 Å². The molecule has 0 aromatic rings. The number of hydrogen-bond acceptors (Lipinski definition) is 0. The van der Waals surface area contributed by atoms with Gasteiger partial charge in [-0.05, 0) is 0 Å². The molecule has 0 fully saturated rings. The van der Waals surface area contributed by atoms with E-state index < -0.39 is 0 Å². The topological polar surface area (TPSA) is 0 Å². The van der Waals surface area contributed by atoms with Crippen LogP contribution in [0.3, 0.4) is 0 Å². The molecule has 0 heterocycles. The summed E-state index contributed by atoms with van der Waals surface area (Å²) in [6.07, 6.45) is 5.12. The van der Waals surface area contributed by atoms with Gasteiger partial charge in [-0.2, -0.15) is 0 Å². The molecule has 0 amide bonds. The van der Waals surface area contributed by atoms with Gasteiger partial charge in [0.25, 0.3) is 0 Å². The van der Waals surface area contributed by atoms with Crippen LogP contribution >= 0.6 is 0 Å². The Morgan fingerprint density at radius 2 is 1.53 bits per heavy atom. The Bertz CT molecular complexity index is 173. The van der Waals surface area contributed by atoms with Crippen LogP contribution < -0.4 is 0 Å². The molecule has 82 valence electrons. The first kappa shape index (κ1) is 25.2. The normalized spacial score (nSPS) is 9.80. The van der Waals surface area contributed by atoms with E-state index in [0.717, 1.165) is 5.57 Å². The van der Waals surface area contributed by atoms with Gasteiger partial charge in [0.05, 0.1) is 0 Å². The number of rotatable bonds is 2. The fraction of sp³-hybridized carbons (Fsp3) is 0.462. The Labute approximate surface area is 147 Å². The second kappa shape index (κ2) is 13.4. The molecule has 0 aromatic heterocycles. The van der Waals surface area contributed by atoms with Crippen molar-refractivity contribution in [2.45, 2.75) is 34.6 Å². The van der Waals surface area contributed by atoms with Crippen LogP contribution in [0.4, 0.5) is 0 Å². The summed E-state index contributed by atoms with van der Waals surface area (Å²) in [5.41, 5.74) is 1.36. The third kappa shape index (κ3) is 17.9. The summed E-state index contributed by atoms with van der Waals surface area (Å²) in [6.45, 7) is 21.3. The largest absolute Gasteiger partial charge is 0.521 e. The van der Waals surface area contributed by atoms with E-state index >= 15 is 0 Å². The molecule has 0 saturated carbocycles. The zero-order chi connectivity index (χ0) is 11.1. The van der Waals surface area contributed by atoms with E-state index in [1.807, 2.05) is 0 Å². The van der Waals surface area contributed by atoms with Crippen molar-refractivity contribution in [2.24, 2.45) is 5.41 Å². The third-order valence-electron chi connectivity index (χ3n) is 1.31. The van der Waals surface area contributed by atoms with Crippen LogP contribution in [0.15, 0.2) is 24.8 Å². The first-order valence-corrected chi connectivity index (χ1v) is 4.34. The predicted octanol–water partition coefficient (Wildman–Crippen LogP) is 4.16. The van der Waals surface area contributed by atoms with Gasteiger partial charge >= 0.3 is 0 Å². The zero-order valence-corrected chi connectivity index (χ0v) is 16.4. The van der Waals surface area contributed by atoms with Gasteiger partial charge in [0, 0.05) is 65.4 Å². The van der Waals surface area contributed by atoms with Crippen molar-refractivity contribution in [2.75, 3.05) is 0 Å². The van der Waals surface area contributed by atoms with Crippen LogP contribution in [-0.4, -0.2) is 0 Å². The van der Waals surface area contributed by atoms with Gasteiger partial charge in [0.2, 0.25) is 0 Å². The van der Waals surface area contributed by atoms with Crippen LogP contribution in [0, 0.1) is 24.0 Å². The summed E-state index contributed by atoms with van der Waals surface area (Å²) in [4.78, 5) is 0. The molecule has 0 atom stereocenters. The molecule has 0 aromatic carbocycles. The summed E-state index contributed by atoms with van der Waals surface area (Å²) < 4.78 is 0. The molecule has 0 N–H and O–H groups in total. The van der Waals surface area contributed by atoms with Gasteiger partial charge in [0.1, 0.15) is 0 Å². The maximum Gasteiger partial charge on any atom is 0 e. The maximum atomic E-state index is 4.25. The number of allylic oxidation sites excluding steroid dienone is 3. The molecule has 0 spiro atoms. The van der Waals surface area contributed by atoms with E-state index in [1.54, 1.807) is 0 Å². The van der Waals surface area contributed by atoms with Crippen molar-refractivity contribution in [3.63, 3.8) is 0 Å². The molecular weight excluding hydrogens is 334 g/mol. The Hall–Kier alpha value is 1.30. The van der Waals surface area contributed by atoms with Crippen LogP contribution in [-0.2, 0) is 65.4 Å². The Balaban J connectivity index is -0.000000142. The smallest absolute Gasteiger partial charge is 0 e. The fourth-order valence-corrected chi connectivity index (χ4v) is 0.805. The molecule has 2 radical (unpaired) electrons. The van der Waals surface area contributed by atoms with E-state index in [0.29, 0.717) is 0 Å². The molecule has 0 nitrogen and oxygen atoms in total. The van der Waals surface area contributed by atoms with Crippen molar-refractivity contribution < 1.29 is 65.4 Å². The monoisotopic (exact) mass is 355 g/mol. The molecule has 0 rings (SSSR count). The molecule has 2 heteroatoms. The molecule has 0 aliphatic heterocycles. The Kier molecular flexibility index (Phi) is 22.5. The zero-order valence-electron chi connectivity index (χ0n) is 10.7. The quantitative estimate of drug-likeness (QED) is 0.516. The summed E-state index contributed by atoms with van der Waals surface area (Å²) >= 11 is 0. The predicted molar refractivity (Wildman–Crippen MR) is 60.9 cm³/mol. The summed E-state index contributed by atoms with van der Waals surface area (Å²) in [7, 11) is 0. The van der Waals surface area contributed by atoms with Gasteiger partial charge < -0.3 is 18.2 Å². The standard InChI is InChI=1S/C11H18.C2H3.2Y/c1-7-10(9(2)3)8-11(4,5)6;1-2;;/h8H,1H2,2-6H3;1H,2H2;;/q-2;-1;;/b10-8-;;;. The molecular formula is C13H21Y2-3. The van der Waals surface area contributed by atoms with Crippen LogP contribution in [0.5, 0.6) is 0 Å². The molecule has 0 aliphatic rings. The fourth-order valence-electron chi connectivity index (χ4n) is 0.805. The summed E-state index contributed by atoms with van der Waals surface area (Å²) in [6, 6.07) is 0. The van der Waals surface area contributed by atoms with Gasteiger partial charge in [-0.25, -0.2) is 6.58 Å². The van der Waals surface area contributed by atoms with E-state index in [-0.39, 0.29) is 70.8 Å². The van der Waals surface area contributed by atoms with Crippen molar-refractivity contribution in [3.8, 4) is 0 Å². The third-order valence-corrected chi connectivity index (χ3v) is 1.31. The minimum absolute atomic E-state index is 0. The van der Waals surface area contributed by atoms with Crippen LogP contribution in [0.2, 0.25) is 0 Å². The van der Waals surface area contributed by atoms with Crippen molar-refractivity contribution in [1.29, 1.82) is 0 Å². The van der Waals surface area contributed by atoms with Crippen molar-refractivity contribution >= 4 is 0 Å². The first-order valence-electron chi connectivity index (χ1n) is 4.34.